The average molecular weight is 690 g/mol. The zero-order valence-corrected chi connectivity index (χ0v) is 28.7. The molecule has 0 bridgehead atoms. The number of unbranched alkanes of at least 4 members (excludes halogenated alkanes) is 14. The van der Waals surface area contributed by atoms with Crippen LogP contribution in [0, 0.1) is 0 Å². The Hall–Kier alpha value is -1.85. The Morgan fingerprint density at radius 3 is 2.00 bits per heavy atom. The van der Waals surface area contributed by atoms with E-state index in [1.807, 2.05) is 0 Å². The number of ether oxygens (including phenoxy) is 1. The third-order valence-electron chi connectivity index (χ3n) is 8.35. The van der Waals surface area contributed by atoms with E-state index in [4.69, 9.17) is 9.84 Å². The van der Waals surface area contributed by atoms with Gasteiger partial charge in [0.1, 0.15) is 30.5 Å². The molecule has 0 aliphatic carbocycles. The molecule has 47 heavy (non-hydrogen) atoms. The lowest BCUT2D eigenvalue weighted by molar-refractivity contribution is -0.254. The van der Waals surface area contributed by atoms with E-state index >= 15 is 0 Å². The molecule has 1 aliphatic rings. The Balaban J connectivity index is 1.74. The number of anilines is 1. The summed E-state index contributed by atoms with van der Waals surface area (Å²) >= 11 is 1.20. The van der Waals surface area contributed by atoms with Crippen molar-refractivity contribution in [1.29, 1.82) is 0 Å². The van der Waals surface area contributed by atoms with Crippen LogP contribution in [0.3, 0.4) is 0 Å². The summed E-state index contributed by atoms with van der Waals surface area (Å²) in [5, 5.41) is 71.6. The van der Waals surface area contributed by atoms with Gasteiger partial charge in [-0.1, -0.05) is 102 Å². The second kappa shape index (κ2) is 24.3. The minimum absolute atomic E-state index is 0.0194. The molecule has 14 nitrogen and oxygen atoms in total. The molecule has 8 N–H and O–H groups in total. The number of aliphatic hydroxyl groups is 6. The number of hydrogen-bond acceptors (Lipinski definition) is 12. The molecule has 0 aromatic carbocycles. The lowest BCUT2D eigenvalue weighted by Gasteiger charge is -2.39. The monoisotopic (exact) mass is 689 g/mol. The van der Waals surface area contributed by atoms with Gasteiger partial charge in [-0.2, -0.15) is 11.8 Å². The molecule has 15 heteroatoms. The summed E-state index contributed by atoms with van der Waals surface area (Å²) in [4.78, 5) is 25.9. The number of thioether (sulfide) groups is 1. The van der Waals surface area contributed by atoms with Crippen molar-refractivity contribution >= 4 is 29.4 Å². The fourth-order valence-corrected chi connectivity index (χ4v) is 6.44. The largest absolute Gasteiger partial charge is 0.394 e. The summed E-state index contributed by atoms with van der Waals surface area (Å²) in [5.74, 6) is -0.569. The van der Waals surface area contributed by atoms with Gasteiger partial charge >= 0.3 is 0 Å². The van der Waals surface area contributed by atoms with Gasteiger partial charge in [-0.15, -0.1) is 5.10 Å². The van der Waals surface area contributed by atoms with Gasteiger partial charge in [-0.3, -0.25) is 9.59 Å². The number of aliphatic hydroxyl groups excluding tert-OH is 6. The number of rotatable bonds is 26. The Bertz CT molecular complexity index is 989. The Kier molecular flexibility index (Phi) is 21.4. The molecular weight excluding hydrogens is 630 g/mol. The highest BCUT2D eigenvalue weighted by Gasteiger charge is 2.44. The summed E-state index contributed by atoms with van der Waals surface area (Å²) in [6.45, 7) is 1.22. The Labute approximate surface area is 283 Å². The third-order valence-corrected chi connectivity index (χ3v) is 9.54. The lowest BCUT2D eigenvalue weighted by atomic mass is 9.98. The molecule has 1 saturated heterocycles. The molecule has 1 aromatic rings. The van der Waals surface area contributed by atoms with E-state index in [-0.39, 0.29) is 29.7 Å². The maximum atomic E-state index is 13.1. The lowest BCUT2D eigenvalue weighted by Crippen LogP contribution is -2.56. The van der Waals surface area contributed by atoms with Gasteiger partial charge in [-0.05, 0) is 6.42 Å². The van der Waals surface area contributed by atoms with Crippen LogP contribution in [-0.4, -0.2) is 119 Å². The summed E-state index contributed by atoms with van der Waals surface area (Å²) in [6, 6.07) is -0.966. The SMILES string of the molecule is CCCCCCCCCCCCCCCCCC(=O)N[C@H](CSC[C@H](O)CO)C(=O)Nc1cn([C@H]2OC(CO)C(O)C(O)C2O)nn1. The molecule has 1 aliphatic heterocycles. The van der Waals surface area contributed by atoms with Crippen molar-refractivity contribution in [3.63, 3.8) is 0 Å². The van der Waals surface area contributed by atoms with E-state index in [1.54, 1.807) is 0 Å². The van der Waals surface area contributed by atoms with E-state index in [0.717, 1.165) is 23.9 Å². The number of amides is 2. The molecule has 7 atom stereocenters. The van der Waals surface area contributed by atoms with Gasteiger partial charge in [0.15, 0.2) is 12.0 Å². The van der Waals surface area contributed by atoms with E-state index < -0.39 is 61.9 Å². The summed E-state index contributed by atoms with van der Waals surface area (Å²) in [5.41, 5.74) is 0. The van der Waals surface area contributed by atoms with Gasteiger partial charge < -0.3 is 46.0 Å². The van der Waals surface area contributed by atoms with Gasteiger partial charge in [0, 0.05) is 17.9 Å². The predicted octanol–water partition coefficient (Wildman–Crippen LogP) is 2.02. The van der Waals surface area contributed by atoms with Crippen LogP contribution >= 0.6 is 11.8 Å². The first-order chi connectivity index (χ1) is 22.7. The van der Waals surface area contributed by atoms with Gasteiger partial charge in [0.2, 0.25) is 11.8 Å². The van der Waals surface area contributed by atoms with Gasteiger partial charge in [-0.25, -0.2) is 4.68 Å². The topological polar surface area (TPSA) is 220 Å². The fraction of sp³-hybridized carbons (Fsp3) is 0.875. The molecular formula is C32H59N5O9S. The fourth-order valence-electron chi connectivity index (χ4n) is 5.45. The quantitative estimate of drug-likeness (QED) is 0.0655. The molecule has 2 amide bonds. The summed E-state index contributed by atoms with van der Waals surface area (Å²) < 4.78 is 6.51. The van der Waals surface area contributed by atoms with E-state index in [9.17, 15) is 35.1 Å². The molecule has 0 radical (unpaired) electrons. The number of nitrogens with one attached hydrogen (secondary N) is 2. The Morgan fingerprint density at radius 2 is 1.45 bits per heavy atom. The first-order valence-electron chi connectivity index (χ1n) is 17.4. The van der Waals surface area contributed by atoms with Crippen molar-refractivity contribution in [1.82, 2.24) is 20.3 Å². The Morgan fingerprint density at radius 1 is 0.872 bits per heavy atom. The molecule has 272 valence electrons. The number of aromatic nitrogens is 3. The molecule has 1 aromatic heterocycles. The maximum absolute atomic E-state index is 13.1. The third kappa shape index (κ3) is 15.9. The van der Waals surface area contributed by atoms with Gasteiger partial charge in [0.05, 0.1) is 25.5 Å². The second-order valence-corrected chi connectivity index (χ2v) is 13.6. The highest BCUT2D eigenvalue weighted by atomic mass is 32.2. The van der Waals surface area contributed by atoms with Crippen molar-refractivity contribution < 1.29 is 45.0 Å². The van der Waals surface area contributed by atoms with E-state index in [2.05, 4.69) is 27.9 Å². The first kappa shape index (κ1) is 41.3. The van der Waals surface area contributed by atoms with Crippen molar-refractivity contribution in [2.24, 2.45) is 0 Å². The average Bonchev–Trinajstić information content (AvgIpc) is 3.52. The van der Waals surface area contributed by atoms with Crippen LogP contribution in [0.1, 0.15) is 116 Å². The molecule has 2 rings (SSSR count). The van der Waals surface area contributed by atoms with Gasteiger partial charge in [0.25, 0.3) is 0 Å². The minimum Gasteiger partial charge on any atom is -0.394 e. The van der Waals surface area contributed by atoms with Crippen molar-refractivity contribution in [3.8, 4) is 0 Å². The van der Waals surface area contributed by atoms with Crippen LogP contribution in [-0.2, 0) is 14.3 Å². The molecule has 0 spiro atoms. The maximum Gasteiger partial charge on any atom is 0.249 e. The van der Waals surface area contributed by atoms with Crippen molar-refractivity contribution in [3.05, 3.63) is 6.20 Å². The normalized spacial score (nSPS) is 22.6. The van der Waals surface area contributed by atoms with E-state index in [1.165, 1.54) is 88.6 Å². The second-order valence-electron chi connectivity index (χ2n) is 12.5. The molecule has 2 heterocycles. The summed E-state index contributed by atoms with van der Waals surface area (Å²) in [6.07, 6.45) is 11.8. The van der Waals surface area contributed by atoms with Crippen LogP contribution in [0.4, 0.5) is 5.82 Å². The van der Waals surface area contributed by atoms with Crippen LogP contribution in [0.25, 0.3) is 0 Å². The van der Waals surface area contributed by atoms with Crippen molar-refractivity contribution in [2.75, 3.05) is 30.0 Å². The number of hydrogen-bond donors (Lipinski definition) is 8. The standard InChI is InChI=1S/C32H59N5O9S/c1-2-3-4-5-6-7-8-9-10-11-12-13-14-15-16-17-27(41)33-24(22-47-21-23(40)19-38)31(45)34-26-18-37(36-35-26)32-30(44)29(43)28(42)25(20-39)46-32/h18,23-25,28-30,32,38-40,42-44H,2-17,19-22H2,1H3,(H,33,41)(H,34,45)/t23-,24-,25?,28?,29?,30?,32+/m1/s1. The zero-order chi connectivity index (χ0) is 34.4. The molecule has 1 fully saturated rings. The molecule has 0 saturated carbocycles. The predicted molar refractivity (Wildman–Crippen MR) is 180 cm³/mol. The van der Waals surface area contributed by atoms with Crippen molar-refractivity contribution in [2.45, 2.75) is 152 Å². The summed E-state index contributed by atoms with van der Waals surface area (Å²) in [7, 11) is 0. The number of carbonyl (C=O) groups excluding carboxylic acids is 2. The number of nitrogens with zero attached hydrogens (tertiary/aromatic N) is 3. The van der Waals surface area contributed by atoms with Crippen LogP contribution in [0.15, 0.2) is 6.20 Å². The van der Waals surface area contributed by atoms with Crippen LogP contribution < -0.4 is 10.6 Å². The minimum atomic E-state index is -1.61. The smallest absolute Gasteiger partial charge is 0.249 e. The van der Waals surface area contributed by atoms with Crippen LogP contribution in [0.2, 0.25) is 0 Å². The van der Waals surface area contributed by atoms with E-state index in [0.29, 0.717) is 6.42 Å². The highest BCUT2D eigenvalue weighted by molar-refractivity contribution is 7.99. The van der Waals surface area contributed by atoms with Crippen LogP contribution in [0.5, 0.6) is 0 Å². The zero-order valence-electron chi connectivity index (χ0n) is 27.9. The number of carbonyl (C=O) groups is 2. The first-order valence-corrected chi connectivity index (χ1v) is 18.6. The highest BCUT2D eigenvalue weighted by Crippen LogP contribution is 2.28. The molecule has 4 unspecified atom stereocenters.